The first-order valence-corrected chi connectivity index (χ1v) is 9.02. The monoisotopic (exact) mass is 332 g/mol. The minimum atomic E-state index is 0.219. The molecule has 0 radical (unpaired) electrons. The number of rotatable bonds is 5. The summed E-state index contributed by atoms with van der Waals surface area (Å²) in [4.78, 5) is 18.2. The van der Waals surface area contributed by atoms with Crippen molar-refractivity contribution >= 4 is 17.1 Å². The van der Waals surface area contributed by atoms with Gasteiger partial charge in [0.05, 0.1) is 12.3 Å². The number of hydrogen-bond acceptors (Lipinski definition) is 6. The van der Waals surface area contributed by atoms with Crippen LogP contribution in [0.1, 0.15) is 19.8 Å². The summed E-state index contributed by atoms with van der Waals surface area (Å²) in [5.41, 5.74) is 2.69. The van der Waals surface area contributed by atoms with E-state index in [0.29, 0.717) is 5.69 Å². The van der Waals surface area contributed by atoms with Crippen LogP contribution in [0.5, 0.6) is 0 Å². The zero-order chi connectivity index (χ0) is 16.9. The van der Waals surface area contributed by atoms with E-state index in [1.54, 1.807) is 0 Å². The molecule has 6 heteroatoms. The largest absolute Gasteiger partial charge is 0.395 e. The van der Waals surface area contributed by atoms with Crippen molar-refractivity contribution in [3.63, 3.8) is 0 Å². The maximum absolute atomic E-state index is 11.2. The van der Waals surface area contributed by atoms with Crippen molar-refractivity contribution in [2.75, 3.05) is 62.2 Å². The molecule has 3 rings (SSSR count). The summed E-state index contributed by atoms with van der Waals surface area (Å²) in [6.45, 7) is 9.08. The minimum Gasteiger partial charge on any atom is -0.395 e. The second-order valence-electron chi connectivity index (χ2n) is 6.99. The van der Waals surface area contributed by atoms with Gasteiger partial charge in [0.25, 0.3) is 0 Å². The molecule has 1 aromatic rings. The predicted octanol–water partition coefficient (Wildman–Crippen LogP) is 2.44. The molecular formula is C18H28N4O2. The Morgan fingerprint density at radius 2 is 1.79 bits per heavy atom. The van der Waals surface area contributed by atoms with Gasteiger partial charge in [0, 0.05) is 51.5 Å². The van der Waals surface area contributed by atoms with Gasteiger partial charge in [-0.3, -0.25) is 4.90 Å². The Morgan fingerprint density at radius 3 is 2.42 bits per heavy atom. The van der Waals surface area contributed by atoms with Crippen molar-refractivity contribution in [1.82, 2.24) is 4.90 Å². The molecule has 0 atom stereocenters. The summed E-state index contributed by atoms with van der Waals surface area (Å²) in [7, 11) is 0. The normalized spacial score (nSPS) is 20.4. The molecule has 1 N–H and O–H groups in total. The standard InChI is InChI=1S/C18H28N4O2/c1-15-4-6-22(7-5-15)18-14-16(2-3-17(18)19-24)21-10-8-20(9-11-21)12-13-23/h2-3,14-15,23H,4-13H2,1H3. The maximum Gasteiger partial charge on any atom is 0.131 e. The highest BCUT2D eigenvalue weighted by Gasteiger charge is 2.22. The molecule has 132 valence electrons. The van der Waals surface area contributed by atoms with Crippen molar-refractivity contribution in [2.45, 2.75) is 19.8 Å². The summed E-state index contributed by atoms with van der Waals surface area (Å²) in [5.74, 6) is 0.761. The third-order valence-corrected chi connectivity index (χ3v) is 5.34. The highest BCUT2D eigenvalue weighted by molar-refractivity contribution is 5.73. The molecular weight excluding hydrogens is 304 g/mol. The second-order valence-corrected chi connectivity index (χ2v) is 6.99. The summed E-state index contributed by atoms with van der Waals surface area (Å²) < 4.78 is 0. The molecule has 2 aliphatic heterocycles. The van der Waals surface area contributed by atoms with Gasteiger partial charge in [-0.25, -0.2) is 0 Å². The molecule has 0 saturated carbocycles. The highest BCUT2D eigenvalue weighted by Crippen LogP contribution is 2.35. The SMILES string of the molecule is CC1CCN(c2cc(N3CCN(CCO)CC3)ccc2N=O)CC1. The van der Waals surface area contributed by atoms with Gasteiger partial charge in [0.1, 0.15) is 5.69 Å². The molecule has 2 aliphatic rings. The van der Waals surface area contributed by atoms with Gasteiger partial charge < -0.3 is 14.9 Å². The van der Waals surface area contributed by atoms with Gasteiger partial charge in [-0.15, -0.1) is 4.91 Å². The third-order valence-electron chi connectivity index (χ3n) is 5.34. The van der Waals surface area contributed by atoms with Crippen molar-refractivity contribution in [1.29, 1.82) is 0 Å². The summed E-state index contributed by atoms with van der Waals surface area (Å²) in [5, 5.41) is 12.3. The average molecular weight is 332 g/mol. The number of benzene rings is 1. The van der Waals surface area contributed by atoms with Crippen LogP contribution in [0.15, 0.2) is 23.4 Å². The molecule has 0 amide bonds. The fourth-order valence-electron chi connectivity index (χ4n) is 3.66. The number of nitroso groups, excluding NO2 is 1. The smallest absolute Gasteiger partial charge is 0.131 e. The average Bonchev–Trinajstić information content (AvgIpc) is 2.63. The van der Waals surface area contributed by atoms with Crippen LogP contribution >= 0.6 is 0 Å². The van der Waals surface area contributed by atoms with Crippen molar-refractivity contribution in [2.24, 2.45) is 11.1 Å². The van der Waals surface area contributed by atoms with Crippen molar-refractivity contribution in [3.8, 4) is 0 Å². The molecule has 24 heavy (non-hydrogen) atoms. The minimum absolute atomic E-state index is 0.219. The second kappa shape index (κ2) is 7.94. The fourth-order valence-corrected chi connectivity index (χ4v) is 3.66. The lowest BCUT2D eigenvalue weighted by Crippen LogP contribution is -2.47. The van der Waals surface area contributed by atoms with Crippen LogP contribution in [0.25, 0.3) is 0 Å². The van der Waals surface area contributed by atoms with E-state index in [-0.39, 0.29) is 6.61 Å². The lowest BCUT2D eigenvalue weighted by molar-refractivity contribution is 0.189. The molecule has 0 spiro atoms. The van der Waals surface area contributed by atoms with E-state index in [2.05, 4.69) is 32.9 Å². The number of β-amino-alcohol motifs (C(OH)–C–C–N with tert-alkyl or cyclic N) is 1. The van der Waals surface area contributed by atoms with Crippen LogP contribution in [0.3, 0.4) is 0 Å². The molecule has 0 bridgehead atoms. The van der Waals surface area contributed by atoms with Gasteiger partial charge >= 0.3 is 0 Å². The highest BCUT2D eigenvalue weighted by atomic mass is 16.3. The first kappa shape index (κ1) is 17.2. The van der Waals surface area contributed by atoms with E-state index < -0.39 is 0 Å². The van der Waals surface area contributed by atoms with Gasteiger partial charge in [-0.05, 0) is 42.1 Å². The zero-order valence-electron chi connectivity index (χ0n) is 14.5. The van der Waals surface area contributed by atoms with E-state index in [1.165, 1.54) is 18.5 Å². The number of hydrogen-bond donors (Lipinski definition) is 1. The lowest BCUT2D eigenvalue weighted by Gasteiger charge is -2.37. The van der Waals surface area contributed by atoms with Crippen LogP contribution < -0.4 is 9.80 Å². The quantitative estimate of drug-likeness (QED) is 0.839. The molecule has 1 aromatic carbocycles. The maximum atomic E-state index is 11.2. The number of aliphatic hydroxyl groups excluding tert-OH is 1. The molecule has 6 nitrogen and oxygen atoms in total. The molecule has 2 saturated heterocycles. The molecule has 0 unspecified atom stereocenters. The summed E-state index contributed by atoms with van der Waals surface area (Å²) in [6.07, 6.45) is 2.34. The van der Waals surface area contributed by atoms with Crippen molar-refractivity contribution in [3.05, 3.63) is 23.1 Å². The lowest BCUT2D eigenvalue weighted by atomic mass is 9.98. The van der Waals surface area contributed by atoms with Crippen molar-refractivity contribution < 1.29 is 5.11 Å². The van der Waals surface area contributed by atoms with Crippen LogP contribution in [-0.2, 0) is 0 Å². The van der Waals surface area contributed by atoms with Crippen LogP contribution in [0.4, 0.5) is 17.1 Å². The Hall–Kier alpha value is -1.66. The van der Waals surface area contributed by atoms with E-state index in [4.69, 9.17) is 5.11 Å². The third kappa shape index (κ3) is 3.87. The topological polar surface area (TPSA) is 59.4 Å². The first-order chi connectivity index (χ1) is 11.7. The Morgan fingerprint density at radius 1 is 1.08 bits per heavy atom. The molecule has 0 aliphatic carbocycles. The number of piperidine rings is 1. The number of aliphatic hydroxyl groups is 1. The molecule has 0 aromatic heterocycles. The molecule has 2 fully saturated rings. The van der Waals surface area contributed by atoms with Gasteiger partial charge in [0.2, 0.25) is 0 Å². The predicted molar refractivity (Wildman–Crippen MR) is 98.2 cm³/mol. The Bertz CT molecular complexity index is 550. The number of piperazine rings is 1. The first-order valence-electron chi connectivity index (χ1n) is 9.02. The fraction of sp³-hybridized carbons (Fsp3) is 0.667. The number of anilines is 2. The zero-order valence-corrected chi connectivity index (χ0v) is 14.5. The summed E-state index contributed by atoms with van der Waals surface area (Å²) in [6, 6.07) is 6.00. The van der Waals surface area contributed by atoms with Crippen LogP contribution in [0.2, 0.25) is 0 Å². The Balaban J connectivity index is 1.73. The Kier molecular flexibility index (Phi) is 5.68. The molecule has 2 heterocycles. The van der Waals surface area contributed by atoms with Crippen LogP contribution in [0, 0.1) is 10.8 Å². The van der Waals surface area contributed by atoms with E-state index in [9.17, 15) is 4.91 Å². The van der Waals surface area contributed by atoms with E-state index in [1.807, 2.05) is 12.1 Å². The number of nitrogens with zero attached hydrogens (tertiary/aromatic N) is 4. The van der Waals surface area contributed by atoms with Gasteiger partial charge in [0.15, 0.2) is 0 Å². The van der Waals surface area contributed by atoms with Crippen LogP contribution in [-0.4, -0.2) is 62.4 Å². The Labute approximate surface area is 144 Å². The summed E-state index contributed by atoms with van der Waals surface area (Å²) >= 11 is 0. The van der Waals surface area contributed by atoms with E-state index >= 15 is 0 Å². The van der Waals surface area contributed by atoms with Gasteiger partial charge in [-0.2, -0.15) is 0 Å². The van der Waals surface area contributed by atoms with E-state index in [0.717, 1.165) is 57.4 Å². The van der Waals surface area contributed by atoms with Gasteiger partial charge in [-0.1, -0.05) is 6.92 Å².